The molecule has 3 aromatic carbocycles. The molecule has 0 saturated carbocycles. The molecule has 1 amide bonds. The van der Waals surface area contributed by atoms with Crippen molar-refractivity contribution in [3.63, 3.8) is 0 Å². The lowest BCUT2D eigenvalue weighted by molar-refractivity contribution is -0.0211. The van der Waals surface area contributed by atoms with Gasteiger partial charge in [-0.05, 0) is 78.9 Å². The molecule has 0 radical (unpaired) electrons. The lowest BCUT2D eigenvalue weighted by Gasteiger charge is -2.38. The normalized spacial score (nSPS) is 15.3. The minimum absolute atomic E-state index is 0.0568. The Labute approximate surface area is 201 Å². The summed E-state index contributed by atoms with van der Waals surface area (Å²) in [6, 6.07) is 23.4. The van der Waals surface area contributed by atoms with Crippen LogP contribution in [0.1, 0.15) is 28.8 Å². The van der Waals surface area contributed by atoms with Crippen LogP contribution in [-0.4, -0.2) is 34.0 Å². The quantitative estimate of drug-likeness (QED) is 0.369. The van der Waals surface area contributed by atoms with E-state index in [0.717, 1.165) is 21.5 Å². The second kappa shape index (κ2) is 9.44. The van der Waals surface area contributed by atoms with Crippen LogP contribution in [-0.2, 0) is 5.60 Å². The summed E-state index contributed by atoms with van der Waals surface area (Å²) in [6.07, 6.45) is 2.62. The van der Waals surface area contributed by atoms with Gasteiger partial charge in [0.25, 0.3) is 5.91 Å². The number of pyridine rings is 1. The maximum absolute atomic E-state index is 13.2. The van der Waals surface area contributed by atoms with E-state index in [2.05, 4.69) is 9.71 Å². The molecule has 1 aliphatic heterocycles. The van der Waals surface area contributed by atoms with Crippen molar-refractivity contribution in [3.8, 4) is 0 Å². The van der Waals surface area contributed by atoms with E-state index >= 15 is 0 Å². The summed E-state index contributed by atoms with van der Waals surface area (Å²) >= 11 is 1.48. The number of amides is 1. The minimum atomic E-state index is -1.04. The minimum Gasteiger partial charge on any atom is -0.385 e. The van der Waals surface area contributed by atoms with E-state index in [1.807, 2.05) is 54.6 Å². The van der Waals surface area contributed by atoms with E-state index in [0.29, 0.717) is 37.1 Å². The van der Waals surface area contributed by atoms with Crippen LogP contribution in [0.3, 0.4) is 0 Å². The van der Waals surface area contributed by atoms with Crippen LogP contribution in [0.4, 0.5) is 10.1 Å². The number of halogens is 1. The fourth-order valence-electron chi connectivity index (χ4n) is 4.26. The topological polar surface area (TPSA) is 65.5 Å². The molecule has 1 aromatic heterocycles. The number of hydrogen-bond donors (Lipinski definition) is 2. The molecule has 0 aliphatic carbocycles. The Hall–Kier alpha value is -3.42. The van der Waals surface area contributed by atoms with E-state index in [-0.39, 0.29) is 11.7 Å². The van der Waals surface area contributed by atoms with Crippen molar-refractivity contribution < 1.29 is 14.3 Å². The van der Waals surface area contributed by atoms with Crippen molar-refractivity contribution in [2.24, 2.45) is 0 Å². The summed E-state index contributed by atoms with van der Waals surface area (Å²) in [5.41, 5.74) is 2.09. The van der Waals surface area contributed by atoms with E-state index in [1.54, 1.807) is 23.2 Å². The number of nitrogens with zero attached hydrogens (tertiary/aromatic N) is 2. The number of nitrogens with one attached hydrogen (secondary N) is 1. The summed E-state index contributed by atoms with van der Waals surface area (Å²) in [5, 5.41) is 12.1. The predicted molar refractivity (Wildman–Crippen MR) is 133 cm³/mol. The number of aromatic nitrogens is 1. The number of rotatable bonds is 5. The highest BCUT2D eigenvalue weighted by atomic mass is 32.2. The van der Waals surface area contributed by atoms with Gasteiger partial charge in [0.15, 0.2) is 0 Å². The molecule has 34 heavy (non-hydrogen) atoms. The fraction of sp³-hybridized carbons (Fsp3) is 0.185. The number of fused-ring (bicyclic) bond motifs is 1. The standard InChI is InChI=1S/C27H24FN3O2S/c28-22-10-8-21(9-11-22)27(33)14-17-31(18-15-27)26(32)20-6-12-23(13-7-20)30-34-24-5-1-3-19-4-2-16-29-25(19)24/h1-13,16,30,33H,14-15,17-18H2. The zero-order chi connectivity index (χ0) is 23.5. The molecule has 2 heterocycles. The zero-order valence-electron chi connectivity index (χ0n) is 18.4. The number of benzene rings is 3. The number of likely N-dealkylation sites (tertiary alicyclic amines) is 1. The SMILES string of the molecule is O=C(c1ccc(NSc2cccc3cccnc23)cc1)N1CCC(O)(c2ccc(F)cc2)CC1. The van der Waals surface area contributed by atoms with E-state index < -0.39 is 5.60 Å². The molecule has 5 nitrogen and oxygen atoms in total. The Morgan fingerprint density at radius 2 is 1.68 bits per heavy atom. The van der Waals surface area contributed by atoms with Crippen LogP contribution in [0.25, 0.3) is 10.9 Å². The van der Waals surface area contributed by atoms with Gasteiger partial charge in [0.2, 0.25) is 0 Å². The lowest BCUT2D eigenvalue weighted by atomic mass is 9.84. The molecular formula is C27H24FN3O2S. The number of carbonyl (C=O) groups excluding carboxylic acids is 1. The smallest absolute Gasteiger partial charge is 0.253 e. The van der Waals surface area contributed by atoms with E-state index in [4.69, 9.17) is 0 Å². The summed E-state index contributed by atoms with van der Waals surface area (Å²) in [5.74, 6) is -0.385. The predicted octanol–water partition coefficient (Wildman–Crippen LogP) is 5.62. The summed E-state index contributed by atoms with van der Waals surface area (Å²) in [7, 11) is 0. The number of carbonyl (C=O) groups is 1. The third-order valence-corrected chi connectivity index (χ3v) is 7.15. The summed E-state index contributed by atoms with van der Waals surface area (Å²) in [4.78, 5) is 20.2. The average molecular weight is 474 g/mol. The number of para-hydroxylation sites is 1. The van der Waals surface area contributed by atoms with Crippen molar-refractivity contribution in [2.45, 2.75) is 23.3 Å². The first-order valence-electron chi connectivity index (χ1n) is 11.2. The molecule has 0 spiro atoms. The van der Waals surface area contributed by atoms with Gasteiger partial charge >= 0.3 is 0 Å². The van der Waals surface area contributed by atoms with Gasteiger partial charge in [-0.1, -0.05) is 30.3 Å². The average Bonchev–Trinajstić information content (AvgIpc) is 2.88. The molecule has 7 heteroatoms. The molecule has 0 atom stereocenters. The van der Waals surface area contributed by atoms with E-state index in [9.17, 15) is 14.3 Å². The molecule has 0 bridgehead atoms. The van der Waals surface area contributed by atoms with Crippen LogP contribution in [0.5, 0.6) is 0 Å². The molecule has 5 rings (SSSR count). The Morgan fingerprint density at radius 1 is 0.971 bits per heavy atom. The van der Waals surface area contributed by atoms with Gasteiger partial charge in [-0.25, -0.2) is 4.39 Å². The Morgan fingerprint density at radius 3 is 2.41 bits per heavy atom. The third kappa shape index (κ3) is 4.62. The first kappa shape index (κ1) is 22.4. The largest absolute Gasteiger partial charge is 0.385 e. The van der Waals surface area contributed by atoms with Crippen molar-refractivity contribution in [1.29, 1.82) is 0 Å². The number of aliphatic hydroxyl groups is 1. The highest BCUT2D eigenvalue weighted by molar-refractivity contribution is 8.00. The van der Waals surface area contributed by atoms with Crippen molar-refractivity contribution in [3.05, 3.63) is 102 Å². The molecule has 1 saturated heterocycles. The zero-order valence-corrected chi connectivity index (χ0v) is 19.3. The Balaban J connectivity index is 1.20. The highest BCUT2D eigenvalue weighted by Crippen LogP contribution is 2.33. The van der Waals surface area contributed by atoms with Gasteiger partial charge < -0.3 is 14.7 Å². The molecule has 2 N–H and O–H groups in total. The highest BCUT2D eigenvalue weighted by Gasteiger charge is 2.35. The summed E-state index contributed by atoms with van der Waals surface area (Å²) < 4.78 is 16.5. The monoisotopic (exact) mass is 473 g/mol. The van der Waals surface area contributed by atoms with Gasteiger partial charge in [0.05, 0.1) is 16.0 Å². The van der Waals surface area contributed by atoms with E-state index in [1.165, 1.54) is 24.1 Å². The van der Waals surface area contributed by atoms with Crippen LogP contribution < -0.4 is 4.72 Å². The molecule has 1 fully saturated rings. The van der Waals surface area contributed by atoms with Crippen LogP contribution in [0.2, 0.25) is 0 Å². The van der Waals surface area contributed by atoms with Gasteiger partial charge in [-0.2, -0.15) is 0 Å². The molecule has 1 aliphatic rings. The number of hydrogen-bond acceptors (Lipinski definition) is 5. The van der Waals surface area contributed by atoms with Crippen LogP contribution >= 0.6 is 11.9 Å². The van der Waals surface area contributed by atoms with Crippen molar-refractivity contribution in [1.82, 2.24) is 9.88 Å². The maximum Gasteiger partial charge on any atom is 0.253 e. The molecular weight excluding hydrogens is 449 g/mol. The Bertz CT molecular complexity index is 1300. The second-order valence-electron chi connectivity index (χ2n) is 8.44. The van der Waals surface area contributed by atoms with Gasteiger partial charge in [-0.15, -0.1) is 0 Å². The second-order valence-corrected chi connectivity index (χ2v) is 9.29. The van der Waals surface area contributed by atoms with Crippen LogP contribution in [0, 0.1) is 5.82 Å². The first-order valence-corrected chi connectivity index (χ1v) is 12.0. The van der Waals surface area contributed by atoms with Gasteiger partial charge in [0.1, 0.15) is 5.82 Å². The van der Waals surface area contributed by atoms with Crippen LogP contribution in [0.15, 0.2) is 90.0 Å². The molecule has 4 aromatic rings. The summed E-state index contributed by atoms with van der Waals surface area (Å²) in [6.45, 7) is 0.882. The van der Waals surface area contributed by atoms with Crippen molar-refractivity contribution >= 4 is 34.4 Å². The lowest BCUT2D eigenvalue weighted by Crippen LogP contribution is -2.45. The fourth-order valence-corrected chi connectivity index (χ4v) is 5.04. The maximum atomic E-state index is 13.2. The molecule has 0 unspecified atom stereocenters. The number of piperidine rings is 1. The number of anilines is 1. The first-order chi connectivity index (χ1) is 16.5. The third-order valence-electron chi connectivity index (χ3n) is 6.27. The van der Waals surface area contributed by atoms with Gasteiger partial charge in [-0.3, -0.25) is 9.78 Å². The van der Waals surface area contributed by atoms with Crippen molar-refractivity contribution in [2.75, 3.05) is 17.8 Å². The van der Waals surface area contributed by atoms with Gasteiger partial charge in [0, 0.05) is 35.9 Å². The molecule has 172 valence electrons. The Kier molecular flexibility index (Phi) is 6.22.